The van der Waals surface area contributed by atoms with Crippen molar-refractivity contribution in [3.63, 3.8) is 0 Å². The predicted octanol–water partition coefficient (Wildman–Crippen LogP) is 1.62. The lowest BCUT2D eigenvalue weighted by Crippen LogP contribution is -2.32. The van der Waals surface area contributed by atoms with Crippen molar-refractivity contribution in [3.05, 3.63) is 0 Å². The maximum Gasteiger partial charge on any atom is 0.246 e. The van der Waals surface area contributed by atoms with Gasteiger partial charge in [-0.05, 0) is 13.3 Å². The van der Waals surface area contributed by atoms with Crippen molar-refractivity contribution in [3.8, 4) is 0 Å². The van der Waals surface area contributed by atoms with Gasteiger partial charge in [0.2, 0.25) is 11.8 Å². The summed E-state index contributed by atoms with van der Waals surface area (Å²) in [6.45, 7) is 13.3. The van der Waals surface area contributed by atoms with Crippen LogP contribution in [0, 0.1) is 0 Å². The average Bonchev–Trinajstić information content (AvgIpc) is 2.64. The lowest BCUT2D eigenvalue weighted by molar-refractivity contribution is -0.127. The summed E-state index contributed by atoms with van der Waals surface area (Å²) in [5, 5.41) is 5.36. The normalized spacial score (nSPS) is 11.3. The zero-order valence-electron chi connectivity index (χ0n) is 17.1. The Hall–Kier alpha value is -1.22. The van der Waals surface area contributed by atoms with E-state index in [2.05, 4.69) is 10.6 Å². The maximum absolute atomic E-state index is 11.4. The molecule has 0 aliphatic carbocycles. The molecular formula is C18H42N2O6. The number of ether oxygens (including phenoxy) is 4. The molecule has 2 amide bonds. The lowest BCUT2D eigenvalue weighted by Gasteiger charge is -2.11. The number of hydrogen-bond donors (Lipinski definition) is 2. The Morgan fingerprint density at radius 1 is 0.885 bits per heavy atom. The summed E-state index contributed by atoms with van der Waals surface area (Å²) >= 11 is 0. The van der Waals surface area contributed by atoms with Crippen LogP contribution in [0.5, 0.6) is 0 Å². The molecule has 0 aliphatic heterocycles. The van der Waals surface area contributed by atoms with Crippen LogP contribution in [0.4, 0.5) is 0 Å². The second-order valence-electron chi connectivity index (χ2n) is 5.20. The summed E-state index contributed by atoms with van der Waals surface area (Å²) in [7, 11) is 0. The van der Waals surface area contributed by atoms with Crippen molar-refractivity contribution in [1.82, 2.24) is 10.6 Å². The summed E-state index contributed by atoms with van der Waals surface area (Å²) < 4.78 is 21.2. The van der Waals surface area contributed by atoms with E-state index in [4.69, 9.17) is 18.9 Å². The molecule has 2 N–H and O–H groups in total. The van der Waals surface area contributed by atoms with E-state index < -0.39 is 0 Å². The molecule has 0 spiro atoms. The summed E-state index contributed by atoms with van der Waals surface area (Å²) in [6.07, 6.45) is 0.982. The molecule has 0 aromatic rings. The van der Waals surface area contributed by atoms with Gasteiger partial charge in [-0.15, -0.1) is 0 Å². The molecule has 0 radical (unpaired) electrons. The Labute approximate surface area is 161 Å². The van der Waals surface area contributed by atoms with Crippen LogP contribution >= 0.6 is 0 Å². The van der Waals surface area contributed by atoms with E-state index >= 15 is 0 Å². The number of carbonyl (C=O) groups is 2. The quantitative estimate of drug-likeness (QED) is 0.394. The highest BCUT2D eigenvalue weighted by Gasteiger charge is 2.04. The number of amides is 2. The van der Waals surface area contributed by atoms with E-state index in [1.165, 1.54) is 6.92 Å². The molecule has 0 fully saturated rings. The first-order chi connectivity index (χ1) is 12.6. The molecule has 8 heteroatoms. The summed E-state index contributed by atoms with van der Waals surface area (Å²) in [5.41, 5.74) is 0. The van der Waals surface area contributed by atoms with E-state index in [0.717, 1.165) is 6.42 Å². The number of nitrogens with one attached hydrogen (secondary N) is 2. The van der Waals surface area contributed by atoms with Crippen LogP contribution in [-0.2, 0) is 28.5 Å². The van der Waals surface area contributed by atoms with Crippen molar-refractivity contribution < 1.29 is 31.4 Å². The molecule has 1 atom stereocenters. The minimum absolute atomic E-state index is 0. The molecule has 0 rings (SSSR count). The van der Waals surface area contributed by atoms with Crippen LogP contribution in [0.2, 0.25) is 0 Å². The molecule has 26 heavy (non-hydrogen) atoms. The second-order valence-corrected chi connectivity index (χ2v) is 5.20. The highest BCUT2D eigenvalue weighted by atomic mass is 16.5. The van der Waals surface area contributed by atoms with Gasteiger partial charge in [-0.2, -0.15) is 0 Å². The number of carbonyl (C=O) groups excluding carboxylic acids is 2. The summed E-state index contributed by atoms with van der Waals surface area (Å²) in [4.78, 5) is 22.0. The van der Waals surface area contributed by atoms with E-state index in [1.807, 2.05) is 27.7 Å². The Balaban J connectivity index is -0.000000695. The van der Waals surface area contributed by atoms with Gasteiger partial charge in [0.05, 0.1) is 45.7 Å². The van der Waals surface area contributed by atoms with Crippen LogP contribution < -0.4 is 10.6 Å². The molecule has 1 unspecified atom stereocenters. The van der Waals surface area contributed by atoms with Gasteiger partial charge in [-0.1, -0.05) is 20.8 Å². The SMILES string of the molecule is CC.CCC(C)OCC(=O)NCCOCCOCCOCCNC(C)=O.[HH].[HH]. The molecule has 0 aromatic heterocycles. The second kappa shape index (κ2) is 21.8. The number of rotatable bonds is 16. The van der Waals surface area contributed by atoms with Crippen LogP contribution in [-0.4, -0.2) is 77.3 Å². The highest BCUT2D eigenvalue weighted by Crippen LogP contribution is 1.94. The fourth-order valence-corrected chi connectivity index (χ4v) is 1.49. The van der Waals surface area contributed by atoms with Gasteiger partial charge >= 0.3 is 0 Å². The van der Waals surface area contributed by atoms with E-state index in [9.17, 15) is 9.59 Å². The van der Waals surface area contributed by atoms with Crippen molar-refractivity contribution in [2.75, 3.05) is 59.3 Å². The third-order valence-electron chi connectivity index (χ3n) is 3.01. The smallest absolute Gasteiger partial charge is 0.246 e. The van der Waals surface area contributed by atoms with Crippen molar-refractivity contribution in [2.24, 2.45) is 0 Å². The maximum atomic E-state index is 11.4. The van der Waals surface area contributed by atoms with Gasteiger partial charge in [0.15, 0.2) is 0 Å². The van der Waals surface area contributed by atoms with E-state index in [-0.39, 0.29) is 27.4 Å². The minimum atomic E-state index is -0.133. The Bertz CT molecular complexity index is 339. The Morgan fingerprint density at radius 3 is 1.81 bits per heavy atom. The molecular weight excluding hydrogens is 340 g/mol. The predicted molar refractivity (Wildman–Crippen MR) is 105 cm³/mol. The first kappa shape index (κ1) is 27.0. The average molecular weight is 383 g/mol. The van der Waals surface area contributed by atoms with Gasteiger partial charge in [0, 0.05) is 22.9 Å². The van der Waals surface area contributed by atoms with E-state index in [0.29, 0.717) is 52.7 Å². The van der Waals surface area contributed by atoms with Crippen molar-refractivity contribution in [2.45, 2.75) is 47.1 Å². The van der Waals surface area contributed by atoms with Gasteiger partial charge in [0.1, 0.15) is 6.61 Å². The molecule has 0 saturated heterocycles. The lowest BCUT2D eigenvalue weighted by atomic mass is 10.3. The standard InChI is InChI=1S/C16H32N2O6.C2H6.2H2/c1-4-14(2)24-13-16(20)18-6-8-22-10-12-23-11-9-21-7-5-17-15(3)19;1-2;;/h14H,4-13H2,1-3H3,(H,17,19)(H,18,20);1-2H3;2*1H. The van der Waals surface area contributed by atoms with Crippen LogP contribution in [0.3, 0.4) is 0 Å². The zero-order chi connectivity index (χ0) is 20.0. The van der Waals surface area contributed by atoms with Crippen molar-refractivity contribution in [1.29, 1.82) is 0 Å². The van der Waals surface area contributed by atoms with Gasteiger partial charge < -0.3 is 29.6 Å². The number of hydrogen-bond acceptors (Lipinski definition) is 6. The monoisotopic (exact) mass is 382 g/mol. The summed E-state index contributed by atoms with van der Waals surface area (Å²) in [5.74, 6) is -0.196. The summed E-state index contributed by atoms with van der Waals surface area (Å²) in [6, 6.07) is 0. The highest BCUT2D eigenvalue weighted by molar-refractivity contribution is 5.77. The third kappa shape index (κ3) is 22.8. The molecule has 0 bridgehead atoms. The molecule has 0 heterocycles. The van der Waals surface area contributed by atoms with Crippen molar-refractivity contribution >= 4 is 11.8 Å². The molecule has 0 aromatic carbocycles. The zero-order valence-corrected chi connectivity index (χ0v) is 17.1. The Morgan fingerprint density at radius 2 is 1.35 bits per heavy atom. The molecule has 0 aliphatic rings. The molecule has 0 saturated carbocycles. The van der Waals surface area contributed by atoms with Gasteiger partial charge in [0.25, 0.3) is 0 Å². The third-order valence-corrected chi connectivity index (χ3v) is 3.01. The molecule has 8 nitrogen and oxygen atoms in total. The van der Waals surface area contributed by atoms with Gasteiger partial charge in [-0.25, -0.2) is 0 Å². The van der Waals surface area contributed by atoms with Crippen LogP contribution in [0.15, 0.2) is 0 Å². The van der Waals surface area contributed by atoms with Crippen LogP contribution in [0.1, 0.15) is 43.9 Å². The fraction of sp³-hybridized carbons (Fsp3) is 0.889. The van der Waals surface area contributed by atoms with E-state index in [1.54, 1.807) is 0 Å². The molecule has 160 valence electrons. The largest absolute Gasteiger partial charge is 0.377 e. The minimum Gasteiger partial charge on any atom is -0.377 e. The Kier molecular flexibility index (Phi) is 22.7. The fourth-order valence-electron chi connectivity index (χ4n) is 1.49. The first-order valence-corrected chi connectivity index (χ1v) is 9.42. The topological polar surface area (TPSA) is 95.1 Å². The first-order valence-electron chi connectivity index (χ1n) is 9.42. The van der Waals surface area contributed by atoms with Crippen LogP contribution in [0.25, 0.3) is 0 Å². The van der Waals surface area contributed by atoms with Gasteiger partial charge in [-0.3, -0.25) is 9.59 Å².